The molecule has 0 saturated carbocycles. The first-order chi connectivity index (χ1) is 8.70. The second kappa shape index (κ2) is 5.40. The smallest absolute Gasteiger partial charge is 0.315 e. The second-order valence-electron chi connectivity index (χ2n) is 4.05. The van der Waals surface area contributed by atoms with Crippen molar-refractivity contribution in [2.24, 2.45) is 0 Å². The van der Waals surface area contributed by atoms with Crippen LogP contribution in [-0.2, 0) is 0 Å². The van der Waals surface area contributed by atoms with Crippen molar-refractivity contribution in [3.63, 3.8) is 0 Å². The number of fused-ring (bicyclic) bond motifs is 1. The number of hydrogen-bond acceptors (Lipinski definition) is 2. The van der Waals surface area contributed by atoms with Gasteiger partial charge in [-0.25, -0.2) is 4.79 Å². The van der Waals surface area contributed by atoms with Gasteiger partial charge in [-0.15, -0.1) is 6.58 Å². The van der Waals surface area contributed by atoms with E-state index in [9.17, 15) is 4.79 Å². The largest absolute Gasteiger partial charge is 0.459 e. The molecule has 4 nitrogen and oxygen atoms in total. The van der Waals surface area contributed by atoms with Gasteiger partial charge in [-0.2, -0.15) is 0 Å². The Bertz CT molecular complexity index is 527. The van der Waals surface area contributed by atoms with E-state index in [2.05, 4.69) is 17.2 Å². The molecule has 1 aromatic carbocycles. The molecule has 0 bridgehead atoms. The van der Waals surface area contributed by atoms with Gasteiger partial charge in [0.05, 0.1) is 6.04 Å². The van der Waals surface area contributed by atoms with Gasteiger partial charge in [-0.3, -0.25) is 0 Å². The van der Waals surface area contributed by atoms with Crippen molar-refractivity contribution in [2.45, 2.75) is 13.0 Å². The maximum absolute atomic E-state index is 11.5. The second-order valence-corrected chi connectivity index (χ2v) is 4.05. The average molecular weight is 244 g/mol. The lowest BCUT2D eigenvalue weighted by Crippen LogP contribution is -2.36. The Morgan fingerprint density at radius 1 is 1.50 bits per heavy atom. The first-order valence-electron chi connectivity index (χ1n) is 5.84. The van der Waals surface area contributed by atoms with Crippen LogP contribution in [-0.4, -0.2) is 12.6 Å². The number of carbonyl (C=O) groups is 1. The van der Waals surface area contributed by atoms with Crippen LogP contribution in [0.4, 0.5) is 4.79 Å². The summed E-state index contributed by atoms with van der Waals surface area (Å²) in [5, 5.41) is 6.49. The van der Waals surface area contributed by atoms with Crippen LogP contribution in [0.25, 0.3) is 11.0 Å². The molecule has 1 aromatic heterocycles. The molecule has 2 amide bonds. The fourth-order valence-electron chi connectivity index (χ4n) is 1.70. The summed E-state index contributed by atoms with van der Waals surface area (Å²) in [6.07, 6.45) is 1.63. The highest BCUT2D eigenvalue weighted by atomic mass is 16.3. The summed E-state index contributed by atoms with van der Waals surface area (Å²) < 4.78 is 5.67. The number of urea groups is 1. The number of hydrogen-bond donors (Lipinski definition) is 2. The Hall–Kier alpha value is -2.23. The van der Waals surface area contributed by atoms with E-state index >= 15 is 0 Å². The van der Waals surface area contributed by atoms with E-state index in [1.54, 1.807) is 6.08 Å². The van der Waals surface area contributed by atoms with E-state index in [0.717, 1.165) is 16.7 Å². The summed E-state index contributed by atoms with van der Waals surface area (Å²) in [5.41, 5.74) is 0.827. The number of benzene rings is 1. The Morgan fingerprint density at radius 3 is 3.00 bits per heavy atom. The van der Waals surface area contributed by atoms with Gasteiger partial charge in [0.25, 0.3) is 0 Å². The van der Waals surface area contributed by atoms with E-state index in [1.807, 2.05) is 37.3 Å². The molecule has 0 radical (unpaired) electrons. The van der Waals surface area contributed by atoms with Crippen molar-refractivity contribution >= 4 is 17.0 Å². The van der Waals surface area contributed by atoms with Crippen LogP contribution in [0.5, 0.6) is 0 Å². The lowest BCUT2D eigenvalue weighted by atomic mass is 10.2. The molecule has 1 heterocycles. The van der Waals surface area contributed by atoms with Crippen molar-refractivity contribution < 1.29 is 9.21 Å². The molecule has 94 valence electrons. The van der Waals surface area contributed by atoms with Crippen molar-refractivity contribution in [1.82, 2.24) is 10.6 Å². The zero-order valence-corrected chi connectivity index (χ0v) is 10.3. The molecule has 2 rings (SSSR count). The molecule has 2 N–H and O–H groups in total. The van der Waals surface area contributed by atoms with Crippen LogP contribution in [0, 0.1) is 0 Å². The summed E-state index contributed by atoms with van der Waals surface area (Å²) >= 11 is 0. The van der Waals surface area contributed by atoms with Crippen LogP contribution in [0.1, 0.15) is 18.7 Å². The number of amides is 2. The molecule has 1 atom stereocenters. The van der Waals surface area contributed by atoms with E-state index in [-0.39, 0.29) is 12.1 Å². The Balaban J connectivity index is 2.06. The molecule has 0 aliphatic heterocycles. The van der Waals surface area contributed by atoms with Crippen LogP contribution in [0.2, 0.25) is 0 Å². The van der Waals surface area contributed by atoms with Crippen LogP contribution >= 0.6 is 0 Å². The predicted molar refractivity (Wildman–Crippen MR) is 71.4 cm³/mol. The van der Waals surface area contributed by atoms with Gasteiger partial charge in [0.2, 0.25) is 0 Å². The normalized spacial score (nSPS) is 12.1. The average Bonchev–Trinajstić information content (AvgIpc) is 2.80. The molecule has 0 aliphatic carbocycles. The van der Waals surface area contributed by atoms with Gasteiger partial charge in [-0.1, -0.05) is 24.3 Å². The van der Waals surface area contributed by atoms with Crippen LogP contribution in [0.3, 0.4) is 0 Å². The lowest BCUT2D eigenvalue weighted by molar-refractivity contribution is 0.237. The molecular weight excluding hydrogens is 228 g/mol. The number of para-hydroxylation sites is 1. The number of rotatable bonds is 4. The minimum absolute atomic E-state index is 0.179. The molecule has 0 saturated heterocycles. The molecule has 0 aliphatic rings. The molecule has 2 aromatic rings. The van der Waals surface area contributed by atoms with Gasteiger partial charge >= 0.3 is 6.03 Å². The zero-order valence-electron chi connectivity index (χ0n) is 10.3. The van der Waals surface area contributed by atoms with E-state index < -0.39 is 0 Å². The minimum atomic E-state index is -0.233. The Labute approximate surface area is 106 Å². The van der Waals surface area contributed by atoms with Gasteiger partial charge in [0.1, 0.15) is 11.3 Å². The molecule has 0 fully saturated rings. The molecule has 0 spiro atoms. The Morgan fingerprint density at radius 2 is 2.28 bits per heavy atom. The maximum Gasteiger partial charge on any atom is 0.315 e. The zero-order chi connectivity index (χ0) is 13.0. The highest BCUT2D eigenvalue weighted by Crippen LogP contribution is 2.23. The fraction of sp³-hybridized carbons (Fsp3) is 0.214. The number of nitrogens with one attached hydrogen (secondary N) is 2. The SMILES string of the molecule is C=CCNC(=O)NC(C)c1cc2ccccc2o1. The van der Waals surface area contributed by atoms with Crippen molar-refractivity contribution in [3.8, 4) is 0 Å². The highest BCUT2D eigenvalue weighted by molar-refractivity contribution is 5.78. The quantitative estimate of drug-likeness (QED) is 0.812. The van der Waals surface area contributed by atoms with Crippen LogP contribution < -0.4 is 10.6 Å². The Kier molecular flexibility index (Phi) is 3.67. The lowest BCUT2D eigenvalue weighted by Gasteiger charge is -2.11. The highest BCUT2D eigenvalue weighted by Gasteiger charge is 2.13. The summed E-state index contributed by atoms with van der Waals surface area (Å²) in [4.78, 5) is 11.5. The van der Waals surface area contributed by atoms with Gasteiger partial charge in [-0.05, 0) is 19.1 Å². The van der Waals surface area contributed by atoms with Gasteiger partial charge in [0, 0.05) is 11.9 Å². The van der Waals surface area contributed by atoms with Crippen molar-refractivity contribution in [2.75, 3.05) is 6.54 Å². The van der Waals surface area contributed by atoms with Crippen molar-refractivity contribution in [1.29, 1.82) is 0 Å². The maximum atomic E-state index is 11.5. The van der Waals surface area contributed by atoms with Gasteiger partial charge in [0.15, 0.2) is 0 Å². The third-order valence-electron chi connectivity index (χ3n) is 2.63. The molecule has 4 heteroatoms. The van der Waals surface area contributed by atoms with Crippen LogP contribution in [0.15, 0.2) is 47.4 Å². The molecule has 18 heavy (non-hydrogen) atoms. The molecular formula is C14H16N2O2. The predicted octanol–water partition coefficient (Wildman–Crippen LogP) is 2.98. The van der Waals surface area contributed by atoms with E-state index in [4.69, 9.17) is 4.42 Å². The number of carbonyl (C=O) groups excluding carboxylic acids is 1. The van der Waals surface area contributed by atoms with E-state index in [1.165, 1.54) is 0 Å². The fourth-order valence-corrected chi connectivity index (χ4v) is 1.70. The summed E-state index contributed by atoms with van der Waals surface area (Å²) in [7, 11) is 0. The minimum Gasteiger partial charge on any atom is -0.459 e. The number of furan rings is 1. The molecule has 1 unspecified atom stereocenters. The first kappa shape index (κ1) is 12.2. The third-order valence-corrected chi connectivity index (χ3v) is 2.63. The summed E-state index contributed by atoms with van der Waals surface area (Å²) in [5.74, 6) is 0.741. The standard InChI is InChI=1S/C14H16N2O2/c1-3-8-15-14(17)16-10(2)13-9-11-6-4-5-7-12(11)18-13/h3-7,9-10H,1,8H2,2H3,(H2,15,16,17). The topological polar surface area (TPSA) is 54.3 Å². The van der Waals surface area contributed by atoms with Gasteiger partial charge < -0.3 is 15.1 Å². The third kappa shape index (κ3) is 2.71. The summed E-state index contributed by atoms with van der Waals surface area (Å²) in [6.45, 7) is 5.86. The first-order valence-corrected chi connectivity index (χ1v) is 5.84. The summed E-state index contributed by atoms with van der Waals surface area (Å²) in [6, 6.07) is 9.29. The monoisotopic (exact) mass is 244 g/mol. The van der Waals surface area contributed by atoms with Crippen molar-refractivity contribution in [3.05, 3.63) is 48.7 Å². The van der Waals surface area contributed by atoms with E-state index in [0.29, 0.717) is 6.54 Å².